The minimum absolute atomic E-state index is 0.00449. The summed E-state index contributed by atoms with van der Waals surface area (Å²) < 4.78 is 26.4. The molecule has 18 heavy (non-hydrogen) atoms. The molecule has 1 aromatic carbocycles. The number of benzene rings is 1. The van der Waals surface area contributed by atoms with Gasteiger partial charge in [-0.1, -0.05) is 0 Å². The first-order valence-corrected chi connectivity index (χ1v) is 6.11. The summed E-state index contributed by atoms with van der Waals surface area (Å²) in [6.07, 6.45) is 0. The van der Waals surface area contributed by atoms with Crippen LogP contribution in [0.25, 0.3) is 0 Å². The third kappa shape index (κ3) is 1.93. The summed E-state index contributed by atoms with van der Waals surface area (Å²) in [5, 5.41) is 0. The number of fused-ring (bicyclic) bond motifs is 3. The van der Waals surface area contributed by atoms with Gasteiger partial charge in [0.1, 0.15) is 11.6 Å². The molecular weight excluding hydrogens is 238 g/mol. The van der Waals surface area contributed by atoms with Crippen LogP contribution in [0.2, 0.25) is 0 Å². The Morgan fingerprint density at radius 1 is 1.17 bits per heavy atom. The van der Waals surface area contributed by atoms with Crippen molar-refractivity contribution in [1.82, 2.24) is 9.80 Å². The minimum atomic E-state index is -0.766. The first kappa shape index (κ1) is 11.7. The molecule has 1 aromatic rings. The Morgan fingerprint density at radius 3 is 2.44 bits per heavy atom. The zero-order valence-corrected chi connectivity index (χ0v) is 9.90. The molecule has 3 fully saturated rings. The van der Waals surface area contributed by atoms with Gasteiger partial charge in [0, 0.05) is 38.8 Å². The first-order chi connectivity index (χ1) is 8.65. The molecule has 0 spiro atoms. The topological polar surface area (TPSA) is 23.6 Å². The highest BCUT2D eigenvalue weighted by atomic mass is 19.1. The molecule has 0 amide bonds. The molecule has 3 aliphatic heterocycles. The van der Waals surface area contributed by atoms with Crippen LogP contribution in [0.1, 0.15) is 10.4 Å². The van der Waals surface area contributed by atoms with Crippen molar-refractivity contribution in [2.24, 2.45) is 0 Å². The molecule has 4 rings (SSSR count). The van der Waals surface area contributed by atoms with E-state index in [1.54, 1.807) is 0 Å². The molecule has 0 radical (unpaired) electrons. The molecule has 5 heteroatoms. The van der Waals surface area contributed by atoms with E-state index in [4.69, 9.17) is 0 Å². The smallest absolute Gasteiger partial charge is 0.184 e. The predicted octanol–water partition coefficient (Wildman–Crippen LogP) is 1.15. The van der Waals surface area contributed by atoms with Crippen molar-refractivity contribution in [3.05, 3.63) is 35.4 Å². The van der Waals surface area contributed by atoms with E-state index in [9.17, 15) is 13.6 Å². The van der Waals surface area contributed by atoms with Crippen molar-refractivity contribution in [3.63, 3.8) is 0 Å². The molecular formula is C13H14F2N2O. The van der Waals surface area contributed by atoms with E-state index in [0.29, 0.717) is 6.54 Å². The fourth-order valence-corrected chi connectivity index (χ4v) is 2.74. The van der Waals surface area contributed by atoms with Crippen molar-refractivity contribution in [2.45, 2.75) is 6.04 Å². The van der Waals surface area contributed by atoms with Gasteiger partial charge < -0.3 is 0 Å². The van der Waals surface area contributed by atoms with Gasteiger partial charge in [-0.25, -0.2) is 8.78 Å². The number of halogens is 2. The number of hydrogen-bond donors (Lipinski definition) is 0. The van der Waals surface area contributed by atoms with Crippen LogP contribution >= 0.6 is 0 Å². The van der Waals surface area contributed by atoms with E-state index in [1.807, 2.05) is 0 Å². The lowest BCUT2D eigenvalue weighted by atomic mass is 9.98. The Bertz CT molecular complexity index is 484. The average molecular weight is 252 g/mol. The lowest BCUT2D eigenvalue weighted by Crippen LogP contribution is -2.63. The summed E-state index contributed by atoms with van der Waals surface area (Å²) >= 11 is 0. The minimum Gasteiger partial charge on any atom is -0.299 e. The van der Waals surface area contributed by atoms with Crippen LogP contribution in [-0.2, 0) is 0 Å². The predicted molar refractivity (Wildman–Crippen MR) is 62.5 cm³/mol. The van der Waals surface area contributed by atoms with Crippen LogP contribution in [0.5, 0.6) is 0 Å². The molecule has 0 aliphatic carbocycles. The van der Waals surface area contributed by atoms with Crippen LogP contribution in [0.3, 0.4) is 0 Å². The van der Waals surface area contributed by atoms with Gasteiger partial charge in [0.2, 0.25) is 0 Å². The molecule has 3 saturated heterocycles. The van der Waals surface area contributed by atoms with E-state index >= 15 is 0 Å². The quantitative estimate of drug-likeness (QED) is 0.738. The van der Waals surface area contributed by atoms with E-state index < -0.39 is 11.6 Å². The lowest BCUT2D eigenvalue weighted by molar-refractivity contribution is 0.0157. The number of ketones is 1. The summed E-state index contributed by atoms with van der Waals surface area (Å²) in [5.41, 5.74) is -0.00449. The zero-order chi connectivity index (χ0) is 12.7. The summed E-state index contributed by atoms with van der Waals surface area (Å²) in [5.74, 6) is -1.66. The largest absolute Gasteiger partial charge is 0.299 e. The summed E-state index contributed by atoms with van der Waals surface area (Å²) in [7, 11) is 0. The van der Waals surface area contributed by atoms with E-state index in [1.165, 1.54) is 6.07 Å². The maximum atomic E-state index is 13.6. The first-order valence-electron chi connectivity index (χ1n) is 6.11. The normalized spacial score (nSPS) is 30.4. The molecule has 1 atom stereocenters. The van der Waals surface area contributed by atoms with Crippen molar-refractivity contribution < 1.29 is 13.6 Å². The summed E-state index contributed by atoms with van der Waals surface area (Å²) in [6.45, 7) is 4.28. The van der Waals surface area contributed by atoms with E-state index in [2.05, 4.69) is 9.80 Å². The van der Waals surface area contributed by atoms with E-state index in [0.717, 1.165) is 38.3 Å². The lowest BCUT2D eigenvalue weighted by Gasteiger charge is -2.46. The number of hydrogen-bond acceptors (Lipinski definition) is 3. The van der Waals surface area contributed by atoms with Crippen LogP contribution in [0, 0.1) is 11.6 Å². The molecule has 3 aliphatic rings. The van der Waals surface area contributed by atoms with Crippen LogP contribution < -0.4 is 0 Å². The van der Waals surface area contributed by atoms with Crippen molar-refractivity contribution in [1.29, 1.82) is 0 Å². The van der Waals surface area contributed by atoms with Crippen molar-refractivity contribution in [2.75, 3.05) is 32.7 Å². The Hall–Kier alpha value is -1.33. The second-order valence-corrected chi connectivity index (χ2v) is 4.84. The number of Topliss-reactive ketones (excluding diaryl/α,β-unsaturated/α-hetero) is 1. The van der Waals surface area contributed by atoms with Gasteiger partial charge in [0.05, 0.1) is 11.6 Å². The summed E-state index contributed by atoms with van der Waals surface area (Å²) in [6, 6.07) is 2.86. The summed E-state index contributed by atoms with van der Waals surface area (Å²) in [4.78, 5) is 16.6. The van der Waals surface area contributed by atoms with E-state index in [-0.39, 0.29) is 17.4 Å². The average Bonchev–Trinajstić information content (AvgIpc) is 2.39. The highest BCUT2D eigenvalue weighted by Crippen LogP contribution is 2.21. The van der Waals surface area contributed by atoms with Gasteiger partial charge in [-0.05, 0) is 12.1 Å². The monoisotopic (exact) mass is 252 g/mol. The van der Waals surface area contributed by atoms with Crippen LogP contribution in [0.15, 0.2) is 18.2 Å². The molecule has 0 N–H and O–H groups in total. The number of carbonyl (C=O) groups excluding carboxylic acids is 1. The second-order valence-electron chi connectivity index (χ2n) is 4.84. The number of rotatable bonds is 2. The SMILES string of the molecule is O=C(c1ccc(F)cc1F)C1CN2CCN1CC2. The third-order valence-corrected chi connectivity index (χ3v) is 3.78. The fourth-order valence-electron chi connectivity index (χ4n) is 2.74. The molecule has 2 bridgehead atoms. The van der Waals surface area contributed by atoms with Gasteiger partial charge in [-0.2, -0.15) is 0 Å². The van der Waals surface area contributed by atoms with Crippen molar-refractivity contribution in [3.8, 4) is 0 Å². The maximum absolute atomic E-state index is 13.6. The van der Waals surface area contributed by atoms with Gasteiger partial charge in [-0.15, -0.1) is 0 Å². The second kappa shape index (κ2) is 4.40. The molecule has 3 nitrogen and oxygen atoms in total. The maximum Gasteiger partial charge on any atom is 0.184 e. The Kier molecular flexibility index (Phi) is 2.87. The van der Waals surface area contributed by atoms with Gasteiger partial charge >= 0.3 is 0 Å². The van der Waals surface area contributed by atoms with Crippen LogP contribution in [-0.4, -0.2) is 54.3 Å². The van der Waals surface area contributed by atoms with Gasteiger partial charge in [-0.3, -0.25) is 14.6 Å². The Balaban J connectivity index is 1.86. The number of nitrogens with zero attached hydrogens (tertiary/aromatic N) is 2. The highest BCUT2D eigenvalue weighted by molar-refractivity contribution is 6.00. The van der Waals surface area contributed by atoms with Crippen LogP contribution in [0.4, 0.5) is 8.78 Å². The molecule has 1 unspecified atom stereocenters. The fraction of sp³-hybridized carbons (Fsp3) is 0.462. The highest BCUT2D eigenvalue weighted by Gasteiger charge is 2.37. The number of carbonyl (C=O) groups is 1. The number of piperazine rings is 3. The van der Waals surface area contributed by atoms with Gasteiger partial charge in [0.15, 0.2) is 5.78 Å². The molecule has 96 valence electrons. The molecule has 0 aromatic heterocycles. The molecule has 3 heterocycles. The molecule has 0 saturated carbocycles. The standard InChI is InChI=1S/C13H14F2N2O/c14-9-1-2-10(11(15)7-9)13(18)12-8-16-3-5-17(12)6-4-16/h1-2,7,12H,3-6,8H2. The van der Waals surface area contributed by atoms with Gasteiger partial charge in [0.25, 0.3) is 0 Å². The Labute approximate surface area is 104 Å². The third-order valence-electron chi connectivity index (χ3n) is 3.78. The van der Waals surface area contributed by atoms with Crippen molar-refractivity contribution >= 4 is 5.78 Å². The zero-order valence-electron chi connectivity index (χ0n) is 9.90. The Morgan fingerprint density at radius 2 is 1.89 bits per heavy atom.